The minimum absolute atomic E-state index is 0.899. The van der Waals surface area contributed by atoms with Crippen molar-refractivity contribution in [2.24, 2.45) is 4.99 Å². The molecule has 0 heterocycles. The quantitative estimate of drug-likeness (QED) is 0.592. The van der Waals surface area contributed by atoms with Crippen LogP contribution in [0.2, 0.25) is 0 Å². The van der Waals surface area contributed by atoms with E-state index in [-0.39, 0.29) is 0 Å². The van der Waals surface area contributed by atoms with Crippen molar-refractivity contribution < 1.29 is 0 Å². The predicted octanol–water partition coefficient (Wildman–Crippen LogP) is 4.65. The second-order valence-electron chi connectivity index (χ2n) is 4.56. The molecule has 0 atom stereocenters. The van der Waals surface area contributed by atoms with E-state index in [4.69, 9.17) is 0 Å². The third kappa shape index (κ3) is 2.82. The number of benzene rings is 2. The summed E-state index contributed by atoms with van der Waals surface area (Å²) in [5.74, 6) is 0. The molecular weight excluding hydrogens is 238 g/mol. The maximum atomic E-state index is 4.53. The molecule has 2 aromatic carbocycles. The van der Waals surface area contributed by atoms with Crippen molar-refractivity contribution in [1.82, 2.24) is 0 Å². The molecule has 1 nitrogen and oxygen atoms in total. The van der Waals surface area contributed by atoms with Gasteiger partial charge >= 0.3 is 0 Å². The highest BCUT2D eigenvalue weighted by Crippen LogP contribution is 2.22. The minimum Gasteiger partial charge on any atom is -0.255 e. The first kappa shape index (κ1) is 12.9. The molecule has 0 amide bonds. The number of hydrogen-bond donors (Lipinski definition) is 1. The Kier molecular flexibility index (Phi) is 3.87. The first-order valence-corrected chi connectivity index (χ1v) is 6.42. The fourth-order valence-electron chi connectivity index (χ4n) is 2.10. The number of hydrogen-bond acceptors (Lipinski definition) is 2. The van der Waals surface area contributed by atoms with E-state index >= 15 is 0 Å². The standard InChI is InChI=1S/C16H17NS/c1-11-8-12(2)14(13(3)9-11)10-17-15-6-4-5-7-16(15)18/h4-10,18H,1-3H3. The Balaban J connectivity index is 2.38. The number of nitrogens with zero attached hydrogens (tertiary/aromatic N) is 1. The van der Waals surface area contributed by atoms with Crippen molar-refractivity contribution in [3.63, 3.8) is 0 Å². The molecule has 2 aromatic rings. The summed E-state index contributed by atoms with van der Waals surface area (Å²) in [4.78, 5) is 5.43. The Hall–Kier alpha value is -1.54. The molecular formula is C16H17NS. The lowest BCUT2D eigenvalue weighted by Gasteiger charge is -2.06. The molecule has 2 heteroatoms. The van der Waals surface area contributed by atoms with Gasteiger partial charge in [-0.3, -0.25) is 4.99 Å². The van der Waals surface area contributed by atoms with Crippen LogP contribution in [-0.4, -0.2) is 6.21 Å². The summed E-state index contributed by atoms with van der Waals surface area (Å²) in [5, 5.41) is 0. The summed E-state index contributed by atoms with van der Waals surface area (Å²) in [7, 11) is 0. The van der Waals surface area contributed by atoms with Gasteiger partial charge in [0.1, 0.15) is 0 Å². The summed E-state index contributed by atoms with van der Waals surface area (Å²) in [6.45, 7) is 6.35. The average molecular weight is 255 g/mol. The molecule has 0 unspecified atom stereocenters. The molecule has 0 saturated carbocycles. The van der Waals surface area contributed by atoms with Gasteiger partial charge in [0.15, 0.2) is 0 Å². The van der Waals surface area contributed by atoms with Gasteiger partial charge in [-0.15, -0.1) is 12.6 Å². The maximum absolute atomic E-state index is 4.53. The Morgan fingerprint density at radius 2 is 1.61 bits per heavy atom. The SMILES string of the molecule is Cc1cc(C)c(C=Nc2ccccc2S)c(C)c1. The van der Waals surface area contributed by atoms with E-state index in [2.05, 4.69) is 50.5 Å². The van der Waals surface area contributed by atoms with Gasteiger partial charge in [-0.25, -0.2) is 0 Å². The third-order valence-corrected chi connectivity index (χ3v) is 3.33. The first-order valence-electron chi connectivity index (χ1n) is 5.98. The van der Waals surface area contributed by atoms with Gasteiger partial charge in [0, 0.05) is 11.1 Å². The van der Waals surface area contributed by atoms with Gasteiger partial charge in [0.05, 0.1) is 5.69 Å². The van der Waals surface area contributed by atoms with E-state index in [1.54, 1.807) is 0 Å². The van der Waals surface area contributed by atoms with Crippen LogP contribution in [0, 0.1) is 20.8 Å². The molecule has 18 heavy (non-hydrogen) atoms. The molecule has 92 valence electrons. The lowest BCUT2D eigenvalue weighted by molar-refractivity contribution is 1.30. The minimum atomic E-state index is 0.899. The molecule has 0 spiro atoms. The molecule has 0 fully saturated rings. The van der Waals surface area contributed by atoms with Gasteiger partial charge < -0.3 is 0 Å². The summed E-state index contributed by atoms with van der Waals surface area (Å²) in [6, 6.07) is 12.2. The molecule has 0 radical (unpaired) electrons. The van der Waals surface area contributed by atoms with E-state index in [0.717, 1.165) is 10.6 Å². The van der Waals surface area contributed by atoms with Crippen molar-refractivity contribution in [2.45, 2.75) is 25.7 Å². The first-order chi connectivity index (χ1) is 8.58. The molecule has 0 aromatic heterocycles. The highest BCUT2D eigenvalue weighted by molar-refractivity contribution is 7.80. The predicted molar refractivity (Wildman–Crippen MR) is 81.6 cm³/mol. The summed E-state index contributed by atoms with van der Waals surface area (Å²) >= 11 is 4.40. The second kappa shape index (κ2) is 5.40. The van der Waals surface area contributed by atoms with Crippen LogP contribution in [-0.2, 0) is 0 Å². The second-order valence-corrected chi connectivity index (χ2v) is 5.04. The van der Waals surface area contributed by atoms with Crippen molar-refractivity contribution in [2.75, 3.05) is 0 Å². The molecule has 0 saturated heterocycles. The van der Waals surface area contributed by atoms with Crippen LogP contribution in [0.25, 0.3) is 0 Å². The molecule has 2 rings (SSSR count). The van der Waals surface area contributed by atoms with Gasteiger partial charge in [-0.2, -0.15) is 0 Å². The molecule has 0 aliphatic rings. The van der Waals surface area contributed by atoms with Crippen LogP contribution in [0.4, 0.5) is 5.69 Å². The van der Waals surface area contributed by atoms with E-state index in [1.165, 1.54) is 22.3 Å². The Morgan fingerprint density at radius 3 is 2.22 bits per heavy atom. The van der Waals surface area contributed by atoms with Gasteiger partial charge in [-0.1, -0.05) is 29.8 Å². The van der Waals surface area contributed by atoms with E-state index in [0.29, 0.717) is 0 Å². The Morgan fingerprint density at radius 1 is 1.00 bits per heavy atom. The monoisotopic (exact) mass is 255 g/mol. The van der Waals surface area contributed by atoms with Gasteiger partial charge in [-0.05, 0) is 49.6 Å². The van der Waals surface area contributed by atoms with Crippen LogP contribution in [0.1, 0.15) is 22.3 Å². The fourth-order valence-corrected chi connectivity index (χ4v) is 2.32. The zero-order chi connectivity index (χ0) is 13.1. The lowest BCUT2D eigenvalue weighted by atomic mass is 10.0. The van der Waals surface area contributed by atoms with E-state index < -0.39 is 0 Å². The van der Waals surface area contributed by atoms with Crippen LogP contribution in [0.5, 0.6) is 0 Å². The number of para-hydroxylation sites is 1. The number of thiol groups is 1. The van der Waals surface area contributed by atoms with Crippen LogP contribution < -0.4 is 0 Å². The lowest BCUT2D eigenvalue weighted by Crippen LogP contribution is -1.93. The maximum Gasteiger partial charge on any atom is 0.0763 e. The van der Waals surface area contributed by atoms with E-state index in [1.807, 2.05) is 30.5 Å². The zero-order valence-corrected chi connectivity index (χ0v) is 11.8. The van der Waals surface area contributed by atoms with Crippen molar-refractivity contribution in [1.29, 1.82) is 0 Å². The molecule has 0 N–H and O–H groups in total. The Bertz CT molecular complexity index is 577. The Labute approximate surface area is 114 Å². The largest absolute Gasteiger partial charge is 0.255 e. The van der Waals surface area contributed by atoms with Gasteiger partial charge in [0.25, 0.3) is 0 Å². The van der Waals surface area contributed by atoms with Crippen LogP contribution in [0.3, 0.4) is 0 Å². The van der Waals surface area contributed by atoms with Crippen LogP contribution in [0.15, 0.2) is 46.3 Å². The topological polar surface area (TPSA) is 12.4 Å². The van der Waals surface area contributed by atoms with Gasteiger partial charge in [0.2, 0.25) is 0 Å². The number of aliphatic imine (C=N–C) groups is 1. The normalized spacial score (nSPS) is 11.1. The third-order valence-electron chi connectivity index (χ3n) is 2.95. The highest BCUT2D eigenvalue weighted by atomic mass is 32.1. The highest BCUT2D eigenvalue weighted by Gasteiger charge is 2.01. The molecule has 0 aliphatic carbocycles. The van der Waals surface area contributed by atoms with Crippen molar-refractivity contribution >= 4 is 24.5 Å². The van der Waals surface area contributed by atoms with Crippen LogP contribution >= 0.6 is 12.6 Å². The number of rotatable bonds is 2. The number of aryl methyl sites for hydroxylation is 3. The average Bonchev–Trinajstić information content (AvgIpc) is 2.30. The summed E-state index contributed by atoms with van der Waals surface area (Å²) in [5.41, 5.74) is 5.90. The molecule has 0 aliphatic heterocycles. The van der Waals surface area contributed by atoms with E-state index in [9.17, 15) is 0 Å². The van der Waals surface area contributed by atoms with Crippen molar-refractivity contribution in [3.05, 3.63) is 58.7 Å². The van der Waals surface area contributed by atoms with Crippen molar-refractivity contribution in [3.8, 4) is 0 Å². The molecule has 0 bridgehead atoms. The zero-order valence-electron chi connectivity index (χ0n) is 10.9. The summed E-state index contributed by atoms with van der Waals surface area (Å²) in [6.07, 6.45) is 1.93. The smallest absolute Gasteiger partial charge is 0.0763 e. The fraction of sp³-hybridized carbons (Fsp3) is 0.188. The summed E-state index contributed by atoms with van der Waals surface area (Å²) < 4.78 is 0.